The van der Waals surface area contributed by atoms with Gasteiger partial charge in [0, 0.05) is 13.1 Å². The van der Waals surface area contributed by atoms with Crippen molar-refractivity contribution in [3.63, 3.8) is 0 Å². The molecule has 1 saturated heterocycles. The number of rotatable bonds is 6. The molecule has 27 heavy (non-hydrogen) atoms. The Kier molecular flexibility index (Phi) is 6.20. The number of hydrogen-bond acceptors (Lipinski definition) is 4. The number of nitrogens with zero attached hydrogens (tertiary/aromatic N) is 1. The molecule has 0 aliphatic carbocycles. The third kappa shape index (κ3) is 5.12. The molecule has 0 saturated carbocycles. The molecule has 0 spiro atoms. The Morgan fingerprint density at radius 3 is 2.33 bits per heavy atom. The number of ether oxygens (including phenoxy) is 1. The summed E-state index contributed by atoms with van der Waals surface area (Å²) in [5.74, 6) is -0.827. The molecule has 2 aromatic rings. The van der Waals surface area contributed by atoms with Gasteiger partial charge in [-0.25, -0.2) is 12.8 Å². The fraction of sp³-hybridized carbons (Fsp3) is 0.316. The first kappa shape index (κ1) is 19.5. The van der Waals surface area contributed by atoms with Crippen molar-refractivity contribution in [3.8, 4) is 0 Å². The predicted molar refractivity (Wildman–Crippen MR) is 98.1 cm³/mol. The number of morpholine rings is 1. The molecule has 3 rings (SSSR count). The molecular formula is C19H21FN2O4S. The van der Waals surface area contributed by atoms with E-state index in [1.54, 1.807) is 4.90 Å². The van der Waals surface area contributed by atoms with Gasteiger partial charge >= 0.3 is 0 Å². The van der Waals surface area contributed by atoms with Crippen LogP contribution in [0.3, 0.4) is 0 Å². The van der Waals surface area contributed by atoms with Crippen molar-refractivity contribution in [1.29, 1.82) is 0 Å². The molecule has 1 atom stereocenters. The summed E-state index contributed by atoms with van der Waals surface area (Å²) in [6, 6.07) is 12.7. The maximum atomic E-state index is 13.1. The van der Waals surface area contributed by atoms with E-state index in [4.69, 9.17) is 4.74 Å². The second-order valence-corrected chi connectivity index (χ2v) is 7.97. The van der Waals surface area contributed by atoms with Crippen LogP contribution < -0.4 is 4.72 Å². The molecule has 6 nitrogen and oxygen atoms in total. The van der Waals surface area contributed by atoms with Gasteiger partial charge in [-0.1, -0.05) is 30.3 Å². The number of sulfonamides is 1. The number of carbonyl (C=O) groups is 1. The zero-order valence-electron chi connectivity index (χ0n) is 14.7. The lowest BCUT2D eigenvalue weighted by molar-refractivity contribution is -0.137. The van der Waals surface area contributed by atoms with Crippen molar-refractivity contribution in [2.45, 2.75) is 17.4 Å². The van der Waals surface area contributed by atoms with E-state index in [9.17, 15) is 17.6 Å². The average molecular weight is 392 g/mol. The summed E-state index contributed by atoms with van der Waals surface area (Å²) in [6.07, 6.45) is 0.220. The van der Waals surface area contributed by atoms with Crippen LogP contribution in [0.5, 0.6) is 0 Å². The molecule has 8 heteroatoms. The van der Waals surface area contributed by atoms with E-state index < -0.39 is 21.9 Å². The van der Waals surface area contributed by atoms with E-state index in [1.165, 1.54) is 12.1 Å². The average Bonchev–Trinajstić information content (AvgIpc) is 2.68. The fourth-order valence-electron chi connectivity index (χ4n) is 2.90. The minimum atomic E-state index is -3.98. The van der Waals surface area contributed by atoms with E-state index in [0.29, 0.717) is 26.3 Å². The summed E-state index contributed by atoms with van der Waals surface area (Å²) in [6.45, 7) is 1.69. The number of amides is 1. The van der Waals surface area contributed by atoms with Crippen LogP contribution in [0, 0.1) is 5.82 Å². The van der Waals surface area contributed by atoms with Crippen LogP contribution in [0.4, 0.5) is 4.39 Å². The number of hydrogen-bond donors (Lipinski definition) is 1. The standard InChI is InChI=1S/C19H21FN2O4S/c20-16-6-8-17(9-7-16)27(24,25)21-18(14-15-4-2-1-3-5-15)19(23)22-10-12-26-13-11-22/h1-9,18,21H,10-14H2. The maximum absolute atomic E-state index is 13.1. The minimum absolute atomic E-state index is 0.0864. The smallest absolute Gasteiger partial charge is 0.241 e. The molecular weight excluding hydrogens is 371 g/mol. The van der Waals surface area contributed by atoms with Crippen LogP contribution in [0.25, 0.3) is 0 Å². The number of carbonyl (C=O) groups excluding carboxylic acids is 1. The predicted octanol–water partition coefficient (Wildman–Crippen LogP) is 1.57. The Labute approximate surface area is 158 Å². The second-order valence-electron chi connectivity index (χ2n) is 6.26. The van der Waals surface area contributed by atoms with E-state index in [-0.39, 0.29) is 17.2 Å². The third-order valence-electron chi connectivity index (χ3n) is 4.32. The maximum Gasteiger partial charge on any atom is 0.241 e. The van der Waals surface area contributed by atoms with Gasteiger partial charge in [-0.3, -0.25) is 4.79 Å². The summed E-state index contributed by atoms with van der Waals surface area (Å²) in [5, 5.41) is 0. The quantitative estimate of drug-likeness (QED) is 0.810. The largest absolute Gasteiger partial charge is 0.378 e. The van der Waals surface area contributed by atoms with Crippen LogP contribution in [-0.4, -0.2) is 51.6 Å². The Morgan fingerprint density at radius 1 is 1.07 bits per heavy atom. The van der Waals surface area contributed by atoms with Gasteiger partial charge in [0.25, 0.3) is 0 Å². The van der Waals surface area contributed by atoms with Crippen molar-refractivity contribution < 1.29 is 22.3 Å². The van der Waals surface area contributed by atoms with Gasteiger partial charge in [-0.2, -0.15) is 4.72 Å². The zero-order valence-corrected chi connectivity index (χ0v) is 15.5. The van der Waals surface area contributed by atoms with E-state index in [1.807, 2.05) is 30.3 Å². The summed E-state index contributed by atoms with van der Waals surface area (Å²) in [7, 11) is -3.98. The Morgan fingerprint density at radius 2 is 1.70 bits per heavy atom. The van der Waals surface area contributed by atoms with Gasteiger partial charge in [0.05, 0.1) is 18.1 Å². The number of nitrogens with one attached hydrogen (secondary N) is 1. The third-order valence-corrected chi connectivity index (χ3v) is 5.81. The Balaban J connectivity index is 1.84. The first-order chi connectivity index (χ1) is 13.0. The van der Waals surface area contributed by atoms with E-state index in [0.717, 1.165) is 17.7 Å². The molecule has 0 bridgehead atoms. The highest BCUT2D eigenvalue weighted by atomic mass is 32.2. The van der Waals surface area contributed by atoms with Crippen molar-refractivity contribution in [2.24, 2.45) is 0 Å². The lowest BCUT2D eigenvalue weighted by Gasteiger charge is -2.30. The zero-order chi connectivity index (χ0) is 19.3. The lowest BCUT2D eigenvalue weighted by atomic mass is 10.1. The monoisotopic (exact) mass is 392 g/mol. The fourth-order valence-corrected chi connectivity index (χ4v) is 4.09. The summed E-state index contributed by atoms with van der Waals surface area (Å²) < 4.78 is 46.3. The SMILES string of the molecule is O=C(C(Cc1ccccc1)NS(=O)(=O)c1ccc(F)cc1)N1CCOCC1. The molecule has 1 heterocycles. The molecule has 1 aliphatic heterocycles. The van der Waals surface area contributed by atoms with Gasteiger partial charge in [-0.15, -0.1) is 0 Å². The minimum Gasteiger partial charge on any atom is -0.378 e. The second kappa shape index (κ2) is 8.60. The van der Waals surface area contributed by atoms with Crippen LogP contribution in [0.15, 0.2) is 59.5 Å². The first-order valence-corrected chi connectivity index (χ1v) is 10.1. The highest BCUT2D eigenvalue weighted by molar-refractivity contribution is 7.89. The molecule has 1 aliphatic rings. The van der Waals surface area contributed by atoms with Crippen molar-refractivity contribution in [1.82, 2.24) is 9.62 Å². The van der Waals surface area contributed by atoms with Crippen LogP contribution in [-0.2, 0) is 26.0 Å². The van der Waals surface area contributed by atoms with Gasteiger partial charge in [0.1, 0.15) is 11.9 Å². The molecule has 2 aromatic carbocycles. The molecule has 1 N–H and O–H groups in total. The Hall–Kier alpha value is -2.29. The van der Waals surface area contributed by atoms with Crippen molar-refractivity contribution in [3.05, 3.63) is 66.0 Å². The number of halogens is 1. The molecule has 1 fully saturated rings. The van der Waals surface area contributed by atoms with Crippen LogP contribution >= 0.6 is 0 Å². The first-order valence-electron chi connectivity index (χ1n) is 8.64. The topological polar surface area (TPSA) is 75.7 Å². The molecule has 0 aromatic heterocycles. The van der Waals surface area contributed by atoms with Gasteiger partial charge in [-0.05, 0) is 36.2 Å². The van der Waals surface area contributed by atoms with Gasteiger partial charge < -0.3 is 9.64 Å². The van der Waals surface area contributed by atoms with Crippen molar-refractivity contribution in [2.75, 3.05) is 26.3 Å². The van der Waals surface area contributed by atoms with Gasteiger partial charge in [0.2, 0.25) is 15.9 Å². The van der Waals surface area contributed by atoms with E-state index in [2.05, 4.69) is 4.72 Å². The Bertz CT molecular complexity index is 866. The normalized spacial score (nSPS) is 16.1. The van der Waals surface area contributed by atoms with Crippen LogP contribution in [0.2, 0.25) is 0 Å². The number of benzene rings is 2. The lowest BCUT2D eigenvalue weighted by Crippen LogP contribution is -2.52. The highest BCUT2D eigenvalue weighted by Gasteiger charge is 2.30. The molecule has 144 valence electrons. The molecule has 1 unspecified atom stereocenters. The summed E-state index contributed by atoms with van der Waals surface area (Å²) >= 11 is 0. The van der Waals surface area contributed by atoms with Crippen LogP contribution in [0.1, 0.15) is 5.56 Å². The van der Waals surface area contributed by atoms with E-state index >= 15 is 0 Å². The highest BCUT2D eigenvalue weighted by Crippen LogP contribution is 2.14. The van der Waals surface area contributed by atoms with Crippen molar-refractivity contribution >= 4 is 15.9 Å². The molecule has 0 radical (unpaired) electrons. The summed E-state index contributed by atoms with van der Waals surface area (Å²) in [4.78, 5) is 14.5. The summed E-state index contributed by atoms with van der Waals surface area (Å²) in [5.41, 5.74) is 0.839. The molecule has 1 amide bonds. The van der Waals surface area contributed by atoms with Gasteiger partial charge in [0.15, 0.2) is 0 Å².